The molecular formula is C18H21NO3S. The molecule has 1 aromatic rings. The summed E-state index contributed by atoms with van der Waals surface area (Å²) in [7, 11) is 0. The van der Waals surface area contributed by atoms with Crippen LogP contribution in [-0.4, -0.2) is 17.3 Å². The molecule has 0 bridgehead atoms. The van der Waals surface area contributed by atoms with Gasteiger partial charge in [-0.1, -0.05) is 31.4 Å². The van der Waals surface area contributed by atoms with E-state index in [0.717, 1.165) is 23.1 Å². The summed E-state index contributed by atoms with van der Waals surface area (Å²) in [6, 6.07) is 7.66. The Labute approximate surface area is 140 Å². The minimum atomic E-state index is -0.328. The van der Waals surface area contributed by atoms with Crippen LogP contribution in [0.1, 0.15) is 44.6 Å². The maximum atomic E-state index is 11.5. The van der Waals surface area contributed by atoms with E-state index in [1.807, 2.05) is 24.3 Å². The standard InChI is InChI=1S/C18H21NO3S/c1-12(14-5-3-2-4-6-14)22-15-9-7-13(8-10-15)11-16-17(20)19-18(21)23-16/h7-12,14H,2-6H2,1H3,(H,19,20,21). The molecule has 2 fully saturated rings. The van der Waals surface area contributed by atoms with Crippen molar-refractivity contribution in [2.75, 3.05) is 0 Å². The molecule has 2 aliphatic rings. The van der Waals surface area contributed by atoms with Crippen LogP contribution >= 0.6 is 11.8 Å². The largest absolute Gasteiger partial charge is 0.490 e. The number of nitrogens with one attached hydrogen (secondary N) is 1. The summed E-state index contributed by atoms with van der Waals surface area (Å²) in [4.78, 5) is 23.1. The Bertz CT molecular complexity index is 618. The lowest BCUT2D eigenvalue weighted by molar-refractivity contribution is -0.115. The number of hydrogen-bond donors (Lipinski definition) is 1. The first-order valence-electron chi connectivity index (χ1n) is 8.13. The molecule has 0 aromatic heterocycles. The number of thioether (sulfide) groups is 1. The molecule has 3 rings (SSSR count). The SMILES string of the molecule is CC(Oc1ccc(C=C2SC(=O)NC2=O)cc1)C1CCCCC1. The van der Waals surface area contributed by atoms with Crippen LogP contribution in [0.15, 0.2) is 29.2 Å². The lowest BCUT2D eigenvalue weighted by Gasteiger charge is -2.28. The van der Waals surface area contributed by atoms with E-state index in [1.165, 1.54) is 32.1 Å². The molecule has 1 aliphatic carbocycles. The van der Waals surface area contributed by atoms with Gasteiger partial charge in [0.25, 0.3) is 11.1 Å². The van der Waals surface area contributed by atoms with Gasteiger partial charge in [0.2, 0.25) is 0 Å². The van der Waals surface area contributed by atoms with Crippen LogP contribution in [0.25, 0.3) is 6.08 Å². The molecule has 1 atom stereocenters. The lowest BCUT2D eigenvalue weighted by atomic mass is 9.86. The molecule has 0 radical (unpaired) electrons. The third-order valence-corrected chi connectivity index (χ3v) is 5.27. The quantitative estimate of drug-likeness (QED) is 0.833. The Morgan fingerprint density at radius 3 is 2.48 bits per heavy atom. The molecule has 5 heteroatoms. The first-order chi connectivity index (χ1) is 11.1. The van der Waals surface area contributed by atoms with Gasteiger partial charge in [0.15, 0.2) is 0 Å². The molecular weight excluding hydrogens is 310 g/mol. The normalized spacial score (nSPS) is 22.2. The van der Waals surface area contributed by atoms with E-state index in [-0.39, 0.29) is 17.3 Å². The van der Waals surface area contributed by atoms with Crippen LogP contribution in [0.2, 0.25) is 0 Å². The van der Waals surface area contributed by atoms with Gasteiger partial charge in [-0.25, -0.2) is 0 Å². The van der Waals surface area contributed by atoms with Gasteiger partial charge in [0, 0.05) is 0 Å². The van der Waals surface area contributed by atoms with Crippen LogP contribution in [0, 0.1) is 5.92 Å². The zero-order chi connectivity index (χ0) is 16.2. The van der Waals surface area contributed by atoms with Crippen molar-refractivity contribution in [2.24, 2.45) is 5.92 Å². The summed E-state index contributed by atoms with van der Waals surface area (Å²) in [6.07, 6.45) is 8.43. The van der Waals surface area contributed by atoms with E-state index >= 15 is 0 Å². The third-order valence-electron chi connectivity index (χ3n) is 4.46. The van der Waals surface area contributed by atoms with Gasteiger partial charge >= 0.3 is 0 Å². The topological polar surface area (TPSA) is 55.4 Å². The maximum Gasteiger partial charge on any atom is 0.290 e. The second kappa shape index (κ2) is 7.21. The minimum Gasteiger partial charge on any atom is -0.490 e. The molecule has 0 spiro atoms. The number of hydrogen-bond acceptors (Lipinski definition) is 4. The van der Waals surface area contributed by atoms with Crippen molar-refractivity contribution in [1.82, 2.24) is 5.32 Å². The van der Waals surface area contributed by atoms with Crippen LogP contribution in [0.3, 0.4) is 0 Å². The Morgan fingerprint density at radius 2 is 1.87 bits per heavy atom. The highest BCUT2D eigenvalue weighted by Crippen LogP contribution is 2.29. The zero-order valence-corrected chi connectivity index (χ0v) is 14.0. The van der Waals surface area contributed by atoms with Crippen LogP contribution in [0.5, 0.6) is 5.75 Å². The summed E-state index contributed by atoms with van der Waals surface area (Å²) in [5.41, 5.74) is 0.884. The van der Waals surface area contributed by atoms with Gasteiger partial charge in [0.1, 0.15) is 5.75 Å². The van der Waals surface area contributed by atoms with Crippen LogP contribution in [0.4, 0.5) is 4.79 Å². The summed E-state index contributed by atoms with van der Waals surface area (Å²) in [5.74, 6) is 1.17. The summed E-state index contributed by atoms with van der Waals surface area (Å²) >= 11 is 0.932. The van der Waals surface area contributed by atoms with E-state index in [1.54, 1.807) is 6.08 Å². The molecule has 2 amide bonds. The predicted octanol–water partition coefficient (Wildman–Crippen LogP) is 4.36. The fraction of sp³-hybridized carbons (Fsp3) is 0.444. The van der Waals surface area contributed by atoms with Gasteiger partial charge in [-0.3, -0.25) is 14.9 Å². The molecule has 1 N–H and O–H groups in total. The fourth-order valence-electron chi connectivity index (χ4n) is 3.13. The van der Waals surface area contributed by atoms with Crippen molar-refractivity contribution in [3.8, 4) is 5.75 Å². The van der Waals surface area contributed by atoms with Crippen molar-refractivity contribution in [2.45, 2.75) is 45.1 Å². The molecule has 1 aliphatic heterocycles. The van der Waals surface area contributed by atoms with E-state index < -0.39 is 0 Å². The number of benzene rings is 1. The Balaban J connectivity index is 1.62. The molecule has 1 saturated heterocycles. The summed E-state index contributed by atoms with van der Waals surface area (Å²) in [6.45, 7) is 2.15. The number of carbonyl (C=O) groups excluding carboxylic acids is 2. The number of amides is 2. The highest BCUT2D eigenvalue weighted by molar-refractivity contribution is 8.18. The first kappa shape index (κ1) is 16.1. The fourth-order valence-corrected chi connectivity index (χ4v) is 3.81. The average Bonchev–Trinajstić information content (AvgIpc) is 2.87. The molecule has 1 unspecified atom stereocenters. The van der Waals surface area contributed by atoms with E-state index in [9.17, 15) is 9.59 Å². The van der Waals surface area contributed by atoms with Crippen LogP contribution < -0.4 is 10.1 Å². The average molecular weight is 331 g/mol. The zero-order valence-electron chi connectivity index (χ0n) is 13.2. The smallest absolute Gasteiger partial charge is 0.290 e. The highest BCUT2D eigenvalue weighted by Gasteiger charge is 2.25. The third kappa shape index (κ3) is 4.16. The number of carbonyl (C=O) groups is 2. The number of imide groups is 1. The minimum absolute atomic E-state index is 0.230. The highest BCUT2D eigenvalue weighted by atomic mass is 32.2. The lowest BCUT2D eigenvalue weighted by Crippen LogP contribution is -2.25. The van der Waals surface area contributed by atoms with Gasteiger partial charge in [0.05, 0.1) is 11.0 Å². The molecule has 1 heterocycles. The van der Waals surface area contributed by atoms with Crippen molar-refractivity contribution in [3.63, 3.8) is 0 Å². The van der Waals surface area contributed by atoms with Crippen molar-refractivity contribution < 1.29 is 14.3 Å². The second-order valence-electron chi connectivity index (χ2n) is 6.14. The van der Waals surface area contributed by atoms with Crippen molar-refractivity contribution in [1.29, 1.82) is 0 Å². The molecule has 1 aromatic carbocycles. The Hall–Kier alpha value is -1.75. The molecule has 4 nitrogen and oxygen atoms in total. The van der Waals surface area contributed by atoms with Gasteiger partial charge in [-0.15, -0.1) is 0 Å². The second-order valence-corrected chi connectivity index (χ2v) is 7.16. The van der Waals surface area contributed by atoms with Gasteiger partial charge in [-0.2, -0.15) is 0 Å². The van der Waals surface area contributed by atoms with E-state index in [2.05, 4.69) is 12.2 Å². The Kier molecular flexibility index (Phi) is 5.06. The monoisotopic (exact) mass is 331 g/mol. The van der Waals surface area contributed by atoms with E-state index in [4.69, 9.17) is 4.74 Å². The number of ether oxygens (including phenoxy) is 1. The molecule has 1 saturated carbocycles. The van der Waals surface area contributed by atoms with Crippen molar-refractivity contribution in [3.05, 3.63) is 34.7 Å². The predicted molar refractivity (Wildman–Crippen MR) is 92.2 cm³/mol. The number of rotatable bonds is 4. The van der Waals surface area contributed by atoms with E-state index in [0.29, 0.717) is 10.8 Å². The first-order valence-corrected chi connectivity index (χ1v) is 8.95. The molecule has 23 heavy (non-hydrogen) atoms. The van der Waals surface area contributed by atoms with Crippen LogP contribution in [-0.2, 0) is 4.79 Å². The Morgan fingerprint density at radius 1 is 1.17 bits per heavy atom. The summed E-state index contributed by atoms with van der Waals surface area (Å²) in [5, 5.41) is 1.94. The summed E-state index contributed by atoms with van der Waals surface area (Å²) < 4.78 is 6.06. The van der Waals surface area contributed by atoms with Crippen molar-refractivity contribution >= 4 is 29.0 Å². The molecule has 122 valence electrons. The van der Waals surface area contributed by atoms with Gasteiger partial charge < -0.3 is 4.74 Å². The maximum absolute atomic E-state index is 11.5. The van der Waals surface area contributed by atoms with Gasteiger partial charge in [-0.05, 0) is 61.2 Å².